The first kappa shape index (κ1) is 18.1. The van der Waals surface area contributed by atoms with Crippen LogP contribution in [0.4, 0.5) is 16.4 Å². The predicted octanol–water partition coefficient (Wildman–Crippen LogP) is 2.45. The number of nitrogens with zero attached hydrogens (tertiary/aromatic N) is 1. The van der Waals surface area contributed by atoms with Crippen LogP contribution in [0.3, 0.4) is 0 Å². The molecule has 0 fully saturated rings. The highest BCUT2D eigenvalue weighted by Crippen LogP contribution is 2.22. The van der Waals surface area contributed by atoms with Crippen molar-refractivity contribution in [2.45, 2.75) is 18.7 Å². The molecule has 3 N–H and O–H groups in total. The molecule has 2 rings (SSSR count). The van der Waals surface area contributed by atoms with E-state index in [-0.39, 0.29) is 10.8 Å². The lowest BCUT2D eigenvalue weighted by molar-refractivity contribution is 0.252. The number of alkyl halides is 1. The van der Waals surface area contributed by atoms with Crippen molar-refractivity contribution < 1.29 is 17.7 Å². The minimum absolute atomic E-state index is 0.0302. The summed E-state index contributed by atoms with van der Waals surface area (Å²) in [5.74, 6) is 0.381. The molecule has 24 heavy (non-hydrogen) atoms. The highest BCUT2D eigenvalue weighted by Gasteiger charge is 2.19. The summed E-state index contributed by atoms with van der Waals surface area (Å²) in [4.78, 5) is 11.5. The molecule has 0 unspecified atom stereocenters. The van der Waals surface area contributed by atoms with E-state index in [4.69, 9.17) is 16.1 Å². The van der Waals surface area contributed by atoms with Gasteiger partial charge in [0.15, 0.2) is 0 Å². The second kappa shape index (κ2) is 7.54. The third kappa shape index (κ3) is 4.39. The molecular weight excluding hydrogens is 356 g/mol. The van der Waals surface area contributed by atoms with Crippen LogP contribution >= 0.6 is 11.6 Å². The topological polar surface area (TPSA) is 113 Å². The van der Waals surface area contributed by atoms with Gasteiger partial charge >= 0.3 is 6.03 Å². The van der Waals surface area contributed by atoms with E-state index in [0.717, 1.165) is 0 Å². The minimum Gasteiger partial charge on any atom is -0.337 e. The van der Waals surface area contributed by atoms with Crippen molar-refractivity contribution in [1.82, 2.24) is 10.5 Å². The number of urea groups is 1. The van der Waals surface area contributed by atoms with Gasteiger partial charge < -0.3 is 15.2 Å². The number of benzene rings is 1. The lowest BCUT2D eigenvalue weighted by atomic mass is 10.3. The normalized spacial score (nSPS) is 11.1. The Morgan fingerprint density at radius 1 is 1.25 bits per heavy atom. The van der Waals surface area contributed by atoms with Crippen molar-refractivity contribution in [2.24, 2.45) is 0 Å². The van der Waals surface area contributed by atoms with E-state index < -0.39 is 16.1 Å². The Kier molecular flexibility index (Phi) is 5.68. The van der Waals surface area contributed by atoms with Gasteiger partial charge in [-0.15, -0.1) is 11.6 Å². The molecule has 0 atom stereocenters. The van der Waals surface area contributed by atoms with Gasteiger partial charge in [-0.25, -0.2) is 17.9 Å². The number of halogens is 1. The fourth-order valence-electron chi connectivity index (χ4n) is 1.74. The number of sulfonamides is 1. The molecule has 0 spiro atoms. The van der Waals surface area contributed by atoms with E-state index in [1.807, 2.05) is 0 Å². The molecule has 0 saturated heterocycles. The molecule has 0 radical (unpaired) electrons. The summed E-state index contributed by atoms with van der Waals surface area (Å²) in [5, 5.41) is 8.80. The van der Waals surface area contributed by atoms with Crippen molar-refractivity contribution in [3.8, 4) is 0 Å². The third-order valence-electron chi connectivity index (χ3n) is 3.19. The van der Waals surface area contributed by atoms with Crippen LogP contribution in [0.25, 0.3) is 0 Å². The second-order valence-electron chi connectivity index (χ2n) is 4.92. The minimum atomic E-state index is -3.81. The maximum atomic E-state index is 12.3. The molecule has 2 amide bonds. The van der Waals surface area contributed by atoms with Crippen molar-refractivity contribution in [3.05, 3.63) is 35.5 Å². The van der Waals surface area contributed by atoms with Crippen LogP contribution in [-0.4, -0.2) is 32.0 Å². The van der Waals surface area contributed by atoms with Gasteiger partial charge in [0, 0.05) is 23.7 Å². The first-order valence-electron chi connectivity index (χ1n) is 7.00. The van der Waals surface area contributed by atoms with E-state index in [1.54, 1.807) is 13.8 Å². The van der Waals surface area contributed by atoms with Gasteiger partial charge in [-0.05, 0) is 38.1 Å². The number of rotatable bonds is 6. The van der Waals surface area contributed by atoms with Gasteiger partial charge in [-0.1, -0.05) is 5.16 Å². The fourth-order valence-corrected chi connectivity index (χ4v) is 2.89. The van der Waals surface area contributed by atoms with E-state index in [9.17, 15) is 13.2 Å². The Hall–Kier alpha value is -2.26. The Morgan fingerprint density at radius 2 is 1.92 bits per heavy atom. The standard InChI is InChI=1S/C14H17ClN4O4S/c1-9-10(2)18-23-13(9)19-24(21,22)12-5-3-11(4-6-12)17-14(20)16-8-7-15/h3-6,19H,7-8H2,1-2H3,(H2,16,17,20). The molecule has 2 aromatic rings. The molecule has 0 bridgehead atoms. The summed E-state index contributed by atoms with van der Waals surface area (Å²) >= 11 is 5.47. The van der Waals surface area contributed by atoms with Crippen LogP contribution < -0.4 is 15.4 Å². The number of carbonyl (C=O) groups excluding carboxylic acids is 1. The van der Waals surface area contributed by atoms with Gasteiger partial charge in [-0.2, -0.15) is 0 Å². The van der Waals surface area contributed by atoms with E-state index in [1.165, 1.54) is 24.3 Å². The summed E-state index contributed by atoms with van der Waals surface area (Å²) in [5.41, 5.74) is 1.68. The Bertz CT molecular complexity index is 818. The van der Waals surface area contributed by atoms with Crippen LogP contribution in [0, 0.1) is 13.8 Å². The first-order valence-corrected chi connectivity index (χ1v) is 9.02. The van der Waals surface area contributed by atoms with Gasteiger partial charge in [0.05, 0.1) is 10.6 Å². The number of aryl methyl sites for hydroxylation is 1. The Morgan fingerprint density at radius 3 is 2.46 bits per heavy atom. The number of aromatic nitrogens is 1. The average Bonchev–Trinajstić information content (AvgIpc) is 2.85. The average molecular weight is 373 g/mol. The summed E-state index contributed by atoms with van der Waals surface area (Å²) < 4.78 is 31.9. The fraction of sp³-hybridized carbons (Fsp3) is 0.286. The van der Waals surface area contributed by atoms with Crippen LogP contribution in [0.1, 0.15) is 11.3 Å². The van der Waals surface area contributed by atoms with Gasteiger partial charge in [0.1, 0.15) is 0 Å². The highest BCUT2D eigenvalue weighted by atomic mass is 35.5. The molecular formula is C14H17ClN4O4S. The molecule has 10 heteroatoms. The quantitative estimate of drug-likeness (QED) is 0.674. The number of hydrogen-bond acceptors (Lipinski definition) is 5. The molecule has 1 heterocycles. The van der Waals surface area contributed by atoms with Gasteiger partial charge in [0.25, 0.3) is 10.0 Å². The zero-order chi connectivity index (χ0) is 17.7. The zero-order valence-corrected chi connectivity index (χ0v) is 14.7. The molecule has 0 aliphatic heterocycles. The van der Waals surface area contributed by atoms with Crippen molar-refractivity contribution in [2.75, 3.05) is 22.5 Å². The summed E-state index contributed by atoms with van der Waals surface area (Å²) in [7, 11) is -3.81. The molecule has 0 aliphatic rings. The molecule has 1 aromatic heterocycles. The van der Waals surface area contributed by atoms with Gasteiger partial charge in [-0.3, -0.25) is 0 Å². The lowest BCUT2D eigenvalue weighted by Crippen LogP contribution is -2.30. The van der Waals surface area contributed by atoms with Crippen molar-refractivity contribution >= 4 is 39.2 Å². The molecule has 8 nitrogen and oxygen atoms in total. The van der Waals surface area contributed by atoms with Crippen LogP contribution in [0.5, 0.6) is 0 Å². The third-order valence-corrected chi connectivity index (χ3v) is 4.72. The number of amides is 2. The maximum absolute atomic E-state index is 12.3. The van der Waals surface area contributed by atoms with Crippen LogP contribution in [-0.2, 0) is 10.0 Å². The SMILES string of the molecule is Cc1noc(NS(=O)(=O)c2ccc(NC(=O)NCCCl)cc2)c1C. The highest BCUT2D eigenvalue weighted by molar-refractivity contribution is 7.92. The number of hydrogen-bond donors (Lipinski definition) is 3. The number of carbonyl (C=O) groups is 1. The molecule has 0 saturated carbocycles. The van der Waals surface area contributed by atoms with Crippen LogP contribution in [0.2, 0.25) is 0 Å². The Balaban J connectivity index is 2.09. The van der Waals surface area contributed by atoms with E-state index >= 15 is 0 Å². The van der Waals surface area contributed by atoms with Gasteiger partial charge in [0.2, 0.25) is 5.88 Å². The van der Waals surface area contributed by atoms with Crippen molar-refractivity contribution in [1.29, 1.82) is 0 Å². The number of anilines is 2. The van der Waals surface area contributed by atoms with Crippen molar-refractivity contribution in [3.63, 3.8) is 0 Å². The first-order chi connectivity index (χ1) is 11.3. The Labute approximate surface area is 144 Å². The predicted molar refractivity (Wildman–Crippen MR) is 91.0 cm³/mol. The lowest BCUT2D eigenvalue weighted by Gasteiger charge is -2.08. The summed E-state index contributed by atoms with van der Waals surface area (Å²) in [6.45, 7) is 3.75. The molecule has 0 aliphatic carbocycles. The largest absolute Gasteiger partial charge is 0.337 e. The summed E-state index contributed by atoms with van der Waals surface area (Å²) in [6.07, 6.45) is 0. The van der Waals surface area contributed by atoms with E-state index in [0.29, 0.717) is 29.4 Å². The van der Waals surface area contributed by atoms with E-state index in [2.05, 4.69) is 20.5 Å². The summed E-state index contributed by atoms with van der Waals surface area (Å²) in [6, 6.07) is 5.29. The maximum Gasteiger partial charge on any atom is 0.319 e. The van der Waals surface area contributed by atoms with Crippen LogP contribution in [0.15, 0.2) is 33.7 Å². The second-order valence-corrected chi connectivity index (χ2v) is 6.98. The number of nitrogens with one attached hydrogen (secondary N) is 3. The monoisotopic (exact) mass is 372 g/mol. The molecule has 1 aromatic carbocycles. The zero-order valence-electron chi connectivity index (χ0n) is 13.1. The smallest absolute Gasteiger partial charge is 0.319 e. The molecule has 130 valence electrons.